The number of sulfonamides is 1. The van der Waals surface area contributed by atoms with E-state index in [4.69, 9.17) is 0 Å². The molecule has 22 heavy (non-hydrogen) atoms. The molecule has 0 radical (unpaired) electrons. The van der Waals surface area contributed by atoms with Crippen LogP contribution in [-0.4, -0.2) is 38.0 Å². The summed E-state index contributed by atoms with van der Waals surface area (Å²) in [6.45, 7) is 0.362. The van der Waals surface area contributed by atoms with Crippen LogP contribution >= 0.6 is 0 Å². The Hall–Kier alpha value is -1.69. The molecule has 0 heterocycles. The van der Waals surface area contributed by atoms with Crippen LogP contribution in [0.2, 0.25) is 0 Å². The van der Waals surface area contributed by atoms with Gasteiger partial charge in [0, 0.05) is 20.2 Å². The lowest BCUT2D eigenvalue weighted by Crippen LogP contribution is -2.31. The van der Waals surface area contributed by atoms with Crippen LogP contribution in [0.25, 0.3) is 0 Å². The third-order valence-electron chi connectivity index (χ3n) is 3.68. The molecule has 2 aromatic rings. The molecular formula is C17H21NO3S. The predicted molar refractivity (Wildman–Crippen MR) is 87.1 cm³/mol. The second-order valence-electron chi connectivity index (χ2n) is 5.22. The summed E-state index contributed by atoms with van der Waals surface area (Å²) in [7, 11) is -1.93. The van der Waals surface area contributed by atoms with E-state index in [1.54, 1.807) is 37.4 Å². The first-order valence-corrected chi connectivity index (χ1v) is 8.67. The van der Waals surface area contributed by atoms with E-state index in [2.05, 4.69) is 0 Å². The van der Waals surface area contributed by atoms with E-state index >= 15 is 0 Å². The second kappa shape index (κ2) is 7.54. The summed E-state index contributed by atoms with van der Waals surface area (Å²) in [5.74, 6) is -0.0327. The molecule has 2 aromatic carbocycles. The molecule has 0 spiro atoms. The number of nitrogens with zero attached hydrogens (tertiary/aromatic N) is 1. The molecule has 0 saturated heterocycles. The fraction of sp³-hybridized carbons (Fsp3) is 0.294. The maximum Gasteiger partial charge on any atom is 0.242 e. The van der Waals surface area contributed by atoms with Crippen LogP contribution < -0.4 is 0 Å². The van der Waals surface area contributed by atoms with Gasteiger partial charge in [0.15, 0.2) is 0 Å². The van der Waals surface area contributed by atoms with E-state index in [9.17, 15) is 13.5 Å². The molecule has 1 N–H and O–H groups in total. The number of benzene rings is 2. The van der Waals surface area contributed by atoms with Crippen molar-refractivity contribution in [2.24, 2.45) is 0 Å². The summed E-state index contributed by atoms with van der Waals surface area (Å²) in [5.41, 5.74) is 1.03. The number of likely N-dealkylation sites (N-methyl/N-ethyl adjacent to an activating group) is 1. The van der Waals surface area contributed by atoms with Gasteiger partial charge in [0.05, 0.1) is 4.90 Å². The quantitative estimate of drug-likeness (QED) is 0.853. The van der Waals surface area contributed by atoms with Crippen molar-refractivity contribution in [2.75, 3.05) is 20.2 Å². The smallest absolute Gasteiger partial charge is 0.242 e. The number of hydrogen-bond donors (Lipinski definition) is 1. The Kier molecular flexibility index (Phi) is 5.71. The minimum Gasteiger partial charge on any atom is -0.396 e. The van der Waals surface area contributed by atoms with Gasteiger partial charge < -0.3 is 5.11 Å². The highest BCUT2D eigenvalue weighted by atomic mass is 32.2. The first kappa shape index (κ1) is 16.7. The number of aliphatic hydroxyl groups excluding tert-OH is 1. The van der Waals surface area contributed by atoms with Gasteiger partial charge >= 0.3 is 0 Å². The van der Waals surface area contributed by atoms with E-state index < -0.39 is 10.0 Å². The summed E-state index contributed by atoms with van der Waals surface area (Å²) >= 11 is 0. The van der Waals surface area contributed by atoms with Gasteiger partial charge in [-0.1, -0.05) is 48.5 Å². The molecule has 118 valence electrons. The van der Waals surface area contributed by atoms with E-state index in [0.717, 1.165) is 5.56 Å². The summed E-state index contributed by atoms with van der Waals surface area (Å²) < 4.78 is 26.5. The van der Waals surface area contributed by atoms with Crippen molar-refractivity contribution in [2.45, 2.75) is 17.2 Å². The van der Waals surface area contributed by atoms with Crippen molar-refractivity contribution in [3.63, 3.8) is 0 Å². The number of rotatable bonds is 7. The molecule has 4 nitrogen and oxygen atoms in total. The lowest BCUT2D eigenvalue weighted by atomic mass is 9.96. The van der Waals surface area contributed by atoms with Crippen molar-refractivity contribution in [1.82, 2.24) is 4.31 Å². The molecule has 0 aliphatic carbocycles. The van der Waals surface area contributed by atoms with Crippen LogP contribution in [-0.2, 0) is 10.0 Å². The van der Waals surface area contributed by atoms with E-state index in [0.29, 0.717) is 13.0 Å². The normalized spacial score (nSPS) is 13.2. The van der Waals surface area contributed by atoms with Crippen molar-refractivity contribution in [3.8, 4) is 0 Å². The third kappa shape index (κ3) is 3.94. The molecule has 0 amide bonds. The fourth-order valence-electron chi connectivity index (χ4n) is 2.43. The summed E-state index contributed by atoms with van der Waals surface area (Å²) in [4.78, 5) is 0.285. The highest BCUT2D eigenvalue weighted by Crippen LogP contribution is 2.23. The maximum absolute atomic E-state index is 12.6. The molecule has 0 aromatic heterocycles. The first-order chi connectivity index (χ1) is 10.6. The van der Waals surface area contributed by atoms with Gasteiger partial charge in [-0.3, -0.25) is 0 Å². The van der Waals surface area contributed by atoms with Gasteiger partial charge in [-0.05, 0) is 30.0 Å². The van der Waals surface area contributed by atoms with Crippen LogP contribution in [0.1, 0.15) is 17.9 Å². The highest BCUT2D eigenvalue weighted by molar-refractivity contribution is 7.89. The van der Waals surface area contributed by atoms with Crippen LogP contribution in [0, 0.1) is 0 Å². The SMILES string of the molecule is CN(C[C@@H](CCO)c1ccccc1)S(=O)(=O)c1ccccc1. The van der Waals surface area contributed by atoms with Crippen LogP contribution in [0.5, 0.6) is 0 Å². The maximum atomic E-state index is 12.6. The third-order valence-corrected chi connectivity index (χ3v) is 5.52. The largest absolute Gasteiger partial charge is 0.396 e. The van der Waals surface area contributed by atoms with Gasteiger partial charge in [0.2, 0.25) is 10.0 Å². The van der Waals surface area contributed by atoms with Gasteiger partial charge in [-0.2, -0.15) is 0 Å². The van der Waals surface area contributed by atoms with Gasteiger partial charge in [0.25, 0.3) is 0 Å². The van der Waals surface area contributed by atoms with E-state index in [1.165, 1.54) is 4.31 Å². The zero-order chi connectivity index (χ0) is 16.0. The molecule has 0 aliphatic heterocycles. The minimum atomic E-state index is -3.51. The Labute approximate surface area is 132 Å². The van der Waals surface area contributed by atoms with Crippen molar-refractivity contribution >= 4 is 10.0 Å². The Morgan fingerprint density at radius 1 is 1.00 bits per heavy atom. The summed E-state index contributed by atoms with van der Waals surface area (Å²) in [5, 5.41) is 9.26. The average Bonchev–Trinajstić information content (AvgIpc) is 2.56. The molecule has 0 unspecified atom stereocenters. The van der Waals surface area contributed by atoms with Crippen LogP contribution in [0.4, 0.5) is 0 Å². The topological polar surface area (TPSA) is 57.6 Å². The Balaban J connectivity index is 2.20. The molecular weight excluding hydrogens is 298 g/mol. The summed E-state index contributed by atoms with van der Waals surface area (Å²) in [6.07, 6.45) is 0.526. The molecule has 2 rings (SSSR count). The molecule has 0 saturated carbocycles. The number of aliphatic hydroxyl groups is 1. The molecule has 0 aliphatic rings. The van der Waals surface area contributed by atoms with Gasteiger partial charge in [0.1, 0.15) is 0 Å². The molecule has 5 heteroatoms. The number of hydrogen-bond acceptors (Lipinski definition) is 3. The Morgan fingerprint density at radius 2 is 1.55 bits per heavy atom. The molecule has 0 fully saturated rings. The molecule has 0 bridgehead atoms. The lowest BCUT2D eigenvalue weighted by molar-refractivity contribution is 0.267. The minimum absolute atomic E-state index is 0.0266. The highest BCUT2D eigenvalue weighted by Gasteiger charge is 2.24. The zero-order valence-corrected chi connectivity index (χ0v) is 13.4. The van der Waals surface area contributed by atoms with E-state index in [-0.39, 0.29) is 17.4 Å². The Morgan fingerprint density at radius 3 is 2.09 bits per heavy atom. The monoisotopic (exact) mass is 319 g/mol. The average molecular weight is 319 g/mol. The van der Waals surface area contributed by atoms with Crippen LogP contribution in [0.15, 0.2) is 65.6 Å². The standard InChI is InChI=1S/C17H21NO3S/c1-18(22(20,21)17-10-6-3-7-11-17)14-16(12-13-19)15-8-4-2-5-9-15/h2-11,16,19H,12-14H2,1H3/t16-/m1/s1. The van der Waals surface area contributed by atoms with Crippen LogP contribution in [0.3, 0.4) is 0 Å². The van der Waals surface area contributed by atoms with Gasteiger partial charge in [-0.15, -0.1) is 0 Å². The Bertz CT molecular complexity index is 672. The lowest BCUT2D eigenvalue weighted by Gasteiger charge is -2.24. The zero-order valence-electron chi connectivity index (χ0n) is 12.6. The van der Waals surface area contributed by atoms with Crippen molar-refractivity contribution < 1.29 is 13.5 Å². The van der Waals surface area contributed by atoms with Crippen molar-refractivity contribution in [1.29, 1.82) is 0 Å². The summed E-state index contributed by atoms with van der Waals surface area (Å²) in [6, 6.07) is 18.1. The van der Waals surface area contributed by atoms with Crippen molar-refractivity contribution in [3.05, 3.63) is 66.2 Å². The fourth-order valence-corrected chi connectivity index (χ4v) is 3.66. The second-order valence-corrected chi connectivity index (χ2v) is 7.26. The van der Waals surface area contributed by atoms with Gasteiger partial charge in [-0.25, -0.2) is 12.7 Å². The van der Waals surface area contributed by atoms with E-state index in [1.807, 2.05) is 30.3 Å². The predicted octanol–water partition coefficient (Wildman–Crippen LogP) is 2.47. The first-order valence-electron chi connectivity index (χ1n) is 7.23. The molecule has 1 atom stereocenters.